The van der Waals surface area contributed by atoms with Crippen LogP contribution in [0.2, 0.25) is 0 Å². The largest absolute Gasteiger partial charge is 0.469 e. The summed E-state index contributed by atoms with van der Waals surface area (Å²) in [5.41, 5.74) is 1.02. The van der Waals surface area contributed by atoms with Crippen molar-refractivity contribution in [2.75, 3.05) is 45.9 Å². The molecule has 1 aromatic rings. The van der Waals surface area contributed by atoms with Crippen LogP contribution >= 0.6 is 24.0 Å². The third-order valence-corrected chi connectivity index (χ3v) is 4.83. The molecule has 0 radical (unpaired) electrons. The topological polar surface area (TPSA) is 70.3 Å². The van der Waals surface area contributed by atoms with Crippen molar-refractivity contribution in [1.82, 2.24) is 15.1 Å². The average Bonchev–Trinajstić information content (AvgIpc) is 3.38. The number of halogens is 1. The summed E-state index contributed by atoms with van der Waals surface area (Å²) in [6.45, 7) is 10.9. The summed E-state index contributed by atoms with van der Waals surface area (Å²) in [5, 5.41) is 3.43. The van der Waals surface area contributed by atoms with Gasteiger partial charge in [-0.2, -0.15) is 0 Å². The fourth-order valence-corrected chi connectivity index (χ4v) is 3.34. The van der Waals surface area contributed by atoms with Gasteiger partial charge in [0.1, 0.15) is 11.9 Å². The molecule has 0 aromatic carbocycles. The predicted octanol–water partition coefficient (Wildman–Crippen LogP) is 2.29. The van der Waals surface area contributed by atoms with Crippen LogP contribution in [-0.2, 0) is 16.0 Å². The highest BCUT2D eigenvalue weighted by molar-refractivity contribution is 14.0. The number of nitrogens with zero attached hydrogens (tertiary/aromatic N) is 3. The van der Waals surface area contributed by atoms with E-state index in [9.17, 15) is 4.79 Å². The molecule has 0 spiro atoms. The first-order chi connectivity index (χ1) is 13.1. The molecular formula is C20H31IN4O3. The van der Waals surface area contributed by atoms with Crippen LogP contribution in [0.1, 0.15) is 25.5 Å². The lowest BCUT2D eigenvalue weighted by Gasteiger charge is -2.37. The highest BCUT2D eigenvalue weighted by Gasteiger charge is 2.30. The van der Waals surface area contributed by atoms with Crippen LogP contribution < -0.4 is 5.32 Å². The zero-order valence-electron chi connectivity index (χ0n) is 16.6. The number of carbonyl (C=O) groups is 1. The Labute approximate surface area is 184 Å². The molecule has 2 fully saturated rings. The molecule has 8 heteroatoms. The van der Waals surface area contributed by atoms with Crippen LogP contribution in [-0.4, -0.2) is 73.6 Å². The van der Waals surface area contributed by atoms with E-state index in [1.54, 1.807) is 6.26 Å². The number of amides is 1. The van der Waals surface area contributed by atoms with Crippen molar-refractivity contribution in [3.05, 3.63) is 36.3 Å². The summed E-state index contributed by atoms with van der Waals surface area (Å²) < 4.78 is 10.9. The number of hydrogen-bond donors (Lipinski definition) is 1. The molecule has 2 saturated heterocycles. The molecule has 1 unspecified atom stereocenters. The smallest absolute Gasteiger partial charge is 0.251 e. The molecule has 1 amide bonds. The van der Waals surface area contributed by atoms with Gasteiger partial charge in [0.05, 0.1) is 12.8 Å². The maximum Gasteiger partial charge on any atom is 0.251 e. The van der Waals surface area contributed by atoms with Crippen molar-refractivity contribution < 1.29 is 13.9 Å². The summed E-state index contributed by atoms with van der Waals surface area (Å²) in [6.07, 6.45) is 4.08. The van der Waals surface area contributed by atoms with Gasteiger partial charge in [-0.05, 0) is 31.9 Å². The number of ether oxygens (including phenoxy) is 1. The number of nitrogens with one attached hydrogen (secondary N) is 1. The molecule has 0 bridgehead atoms. The first-order valence-electron chi connectivity index (χ1n) is 9.74. The Hall–Kier alpha value is -1.55. The fourth-order valence-electron chi connectivity index (χ4n) is 3.34. The molecule has 2 aliphatic heterocycles. The lowest BCUT2D eigenvalue weighted by molar-refractivity contribution is -0.142. The van der Waals surface area contributed by atoms with Gasteiger partial charge in [0, 0.05) is 45.8 Å². The van der Waals surface area contributed by atoms with Gasteiger partial charge in [-0.15, -0.1) is 24.0 Å². The minimum Gasteiger partial charge on any atom is -0.469 e. The number of carbonyl (C=O) groups excluding carboxylic acids is 1. The number of aliphatic imine (C=N–C) groups is 1. The minimum absolute atomic E-state index is 0. The molecular weight excluding hydrogens is 471 g/mol. The van der Waals surface area contributed by atoms with Crippen LogP contribution in [0.3, 0.4) is 0 Å². The standard InChI is InChI=1S/C20H30N4O3.HI/c1-16(2)15-22-20(21-8-7-17-5-3-13-26-17)24-11-9-23(10-12-24)19(25)18-6-4-14-27-18;/h3,5,13,18H,1,4,6-12,14-15H2,2H3,(H,21,22);1H. The zero-order chi connectivity index (χ0) is 19.1. The van der Waals surface area contributed by atoms with E-state index in [0.717, 1.165) is 56.2 Å². The number of furan rings is 1. The second-order valence-electron chi connectivity index (χ2n) is 7.17. The maximum absolute atomic E-state index is 12.5. The highest BCUT2D eigenvalue weighted by Crippen LogP contribution is 2.16. The lowest BCUT2D eigenvalue weighted by Crippen LogP contribution is -2.55. The number of piperazine rings is 1. The van der Waals surface area contributed by atoms with Crippen molar-refractivity contribution in [3.8, 4) is 0 Å². The van der Waals surface area contributed by atoms with Gasteiger partial charge < -0.3 is 24.3 Å². The van der Waals surface area contributed by atoms with Crippen LogP contribution in [0.4, 0.5) is 0 Å². The molecule has 1 atom stereocenters. The van der Waals surface area contributed by atoms with Crippen LogP contribution in [0, 0.1) is 0 Å². The van der Waals surface area contributed by atoms with Crippen molar-refractivity contribution in [3.63, 3.8) is 0 Å². The molecule has 1 aromatic heterocycles. The molecule has 7 nitrogen and oxygen atoms in total. The highest BCUT2D eigenvalue weighted by atomic mass is 127. The summed E-state index contributed by atoms with van der Waals surface area (Å²) in [4.78, 5) is 21.3. The Morgan fingerprint density at radius 1 is 1.32 bits per heavy atom. The third-order valence-electron chi connectivity index (χ3n) is 4.83. The Kier molecular flexibility index (Phi) is 9.30. The lowest BCUT2D eigenvalue weighted by atomic mass is 10.2. The quantitative estimate of drug-likeness (QED) is 0.280. The number of guanidine groups is 1. The second kappa shape index (κ2) is 11.5. The third kappa shape index (κ3) is 6.51. The van der Waals surface area contributed by atoms with Gasteiger partial charge in [-0.25, -0.2) is 4.99 Å². The van der Waals surface area contributed by atoms with E-state index < -0.39 is 0 Å². The Morgan fingerprint density at radius 3 is 2.68 bits per heavy atom. The van der Waals surface area contributed by atoms with E-state index in [-0.39, 0.29) is 36.0 Å². The fraction of sp³-hybridized carbons (Fsp3) is 0.600. The van der Waals surface area contributed by atoms with Crippen molar-refractivity contribution in [2.24, 2.45) is 4.99 Å². The van der Waals surface area contributed by atoms with Gasteiger partial charge in [0.2, 0.25) is 0 Å². The van der Waals surface area contributed by atoms with Gasteiger partial charge in [0.15, 0.2) is 5.96 Å². The van der Waals surface area contributed by atoms with Crippen molar-refractivity contribution >= 4 is 35.8 Å². The first kappa shape index (κ1) is 22.7. The number of rotatable bonds is 6. The molecule has 28 heavy (non-hydrogen) atoms. The maximum atomic E-state index is 12.5. The summed E-state index contributed by atoms with van der Waals surface area (Å²) in [5.74, 6) is 1.96. The van der Waals surface area contributed by atoms with E-state index in [0.29, 0.717) is 26.2 Å². The van der Waals surface area contributed by atoms with Gasteiger partial charge >= 0.3 is 0 Å². The van der Waals surface area contributed by atoms with E-state index in [1.807, 2.05) is 24.0 Å². The molecule has 2 aliphatic rings. The van der Waals surface area contributed by atoms with E-state index in [4.69, 9.17) is 9.15 Å². The Morgan fingerprint density at radius 2 is 2.07 bits per heavy atom. The number of hydrogen-bond acceptors (Lipinski definition) is 4. The van der Waals surface area contributed by atoms with Crippen LogP contribution in [0.5, 0.6) is 0 Å². The zero-order valence-corrected chi connectivity index (χ0v) is 18.9. The van der Waals surface area contributed by atoms with Gasteiger partial charge in [0.25, 0.3) is 5.91 Å². The molecule has 3 heterocycles. The SMILES string of the molecule is C=C(C)CN=C(NCCc1ccco1)N1CCN(C(=O)C2CCCO2)CC1.I. The molecule has 0 saturated carbocycles. The summed E-state index contributed by atoms with van der Waals surface area (Å²) in [6, 6.07) is 3.87. The average molecular weight is 502 g/mol. The first-order valence-corrected chi connectivity index (χ1v) is 9.74. The van der Waals surface area contributed by atoms with Crippen molar-refractivity contribution in [2.45, 2.75) is 32.3 Å². The van der Waals surface area contributed by atoms with Gasteiger partial charge in [-0.1, -0.05) is 12.2 Å². The summed E-state index contributed by atoms with van der Waals surface area (Å²) in [7, 11) is 0. The van der Waals surface area contributed by atoms with E-state index >= 15 is 0 Å². The predicted molar refractivity (Wildman–Crippen MR) is 120 cm³/mol. The summed E-state index contributed by atoms with van der Waals surface area (Å²) >= 11 is 0. The second-order valence-corrected chi connectivity index (χ2v) is 7.17. The minimum atomic E-state index is -0.237. The normalized spacial score (nSPS) is 20.0. The molecule has 156 valence electrons. The van der Waals surface area contributed by atoms with Crippen LogP contribution in [0.15, 0.2) is 40.0 Å². The van der Waals surface area contributed by atoms with Crippen LogP contribution in [0.25, 0.3) is 0 Å². The van der Waals surface area contributed by atoms with Crippen molar-refractivity contribution in [1.29, 1.82) is 0 Å². The van der Waals surface area contributed by atoms with E-state index in [1.165, 1.54) is 0 Å². The Balaban J connectivity index is 0.00000280. The van der Waals surface area contributed by atoms with Gasteiger partial charge in [-0.3, -0.25) is 4.79 Å². The molecule has 0 aliphatic carbocycles. The Bertz CT molecular complexity index is 648. The van der Waals surface area contributed by atoms with E-state index in [2.05, 4.69) is 21.8 Å². The monoisotopic (exact) mass is 502 g/mol. The molecule has 3 rings (SSSR count). The molecule has 1 N–H and O–H groups in total.